The van der Waals surface area contributed by atoms with Crippen LogP contribution in [0.2, 0.25) is 0 Å². The van der Waals surface area contributed by atoms with E-state index in [-0.39, 0.29) is 11.0 Å². The molecule has 0 aliphatic carbocycles. The highest BCUT2D eigenvalue weighted by atomic mass is 32.2. The predicted octanol–water partition coefficient (Wildman–Crippen LogP) is 0.428. The quantitative estimate of drug-likeness (QED) is 0.658. The van der Waals surface area contributed by atoms with Crippen LogP contribution in [0.15, 0.2) is 35.2 Å². The van der Waals surface area contributed by atoms with E-state index in [1.165, 1.54) is 12.1 Å². The molecular formula is C6H10N2O3S. The maximum Gasteiger partial charge on any atom is 0.312 e. The first-order valence-electron chi connectivity index (χ1n) is 2.85. The lowest BCUT2D eigenvalue weighted by Crippen LogP contribution is -2.10. The second-order valence-corrected chi connectivity index (χ2v) is 3.44. The topological polar surface area (TPSA) is 104 Å². The molecule has 0 heterocycles. The van der Waals surface area contributed by atoms with Crippen molar-refractivity contribution in [2.45, 2.75) is 4.90 Å². The Hall–Kier alpha value is -0.950. The molecular weight excluding hydrogens is 180 g/mol. The molecule has 1 rings (SSSR count). The van der Waals surface area contributed by atoms with Gasteiger partial charge in [0.05, 0.1) is 4.90 Å². The normalized spacial score (nSPS) is 10.4. The summed E-state index contributed by atoms with van der Waals surface area (Å²) in [5.74, 6) is 4.55. The molecule has 0 unspecified atom stereocenters. The van der Waals surface area contributed by atoms with Gasteiger partial charge in [0.2, 0.25) is 0 Å². The van der Waals surface area contributed by atoms with Crippen LogP contribution in [0, 0.1) is 0 Å². The van der Waals surface area contributed by atoms with Crippen molar-refractivity contribution in [3.05, 3.63) is 30.3 Å². The molecule has 12 heavy (non-hydrogen) atoms. The van der Waals surface area contributed by atoms with Gasteiger partial charge in [-0.3, -0.25) is 0 Å². The van der Waals surface area contributed by atoms with E-state index in [1.807, 2.05) is 0 Å². The molecule has 6 heteroatoms. The Labute approximate surface area is 70.8 Å². The summed E-state index contributed by atoms with van der Waals surface area (Å²) in [4.78, 5) is 0.0579. The van der Waals surface area contributed by atoms with Gasteiger partial charge in [-0.1, -0.05) is 18.2 Å². The average Bonchev–Trinajstić information content (AvgIpc) is 2.06. The van der Waals surface area contributed by atoms with Crippen molar-refractivity contribution >= 4 is 10.1 Å². The fraction of sp³-hybridized carbons (Fsp3) is 0. The molecule has 0 fully saturated rings. The minimum absolute atomic E-state index is 0. The van der Waals surface area contributed by atoms with Crippen LogP contribution in [0.25, 0.3) is 0 Å². The smallest absolute Gasteiger partial charge is 0.312 e. The van der Waals surface area contributed by atoms with Crippen LogP contribution in [-0.4, -0.2) is 8.42 Å². The molecule has 0 aromatic heterocycles. The van der Waals surface area contributed by atoms with E-state index in [2.05, 4.69) is 10.2 Å². The molecule has 1 aromatic rings. The molecule has 0 spiro atoms. The van der Waals surface area contributed by atoms with E-state index in [1.54, 1.807) is 18.2 Å². The second kappa shape index (κ2) is 4.17. The van der Waals surface area contributed by atoms with Gasteiger partial charge in [0.15, 0.2) is 0 Å². The van der Waals surface area contributed by atoms with E-state index in [0.717, 1.165) is 0 Å². The van der Waals surface area contributed by atoms with E-state index in [4.69, 9.17) is 0 Å². The van der Waals surface area contributed by atoms with Crippen LogP contribution in [0.5, 0.6) is 0 Å². The fourth-order valence-electron chi connectivity index (χ4n) is 0.643. The number of hydrogen-bond acceptors (Lipinski definition) is 5. The molecule has 68 valence electrons. The molecule has 5 nitrogen and oxygen atoms in total. The molecule has 0 amide bonds. The summed E-state index contributed by atoms with van der Waals surface area (Å²) in [7, 11) is -3.72. The van der Waals surface area contributed by atoms with Gasteiger partial charge in [0, 0.05) is 0 Å². The predicted molar refractivity (Wildman–Crippen MR) is 43.9 cm³/mol. The van der Waals surface area contributed by atoms with Crippen LogP contribution in [0.3, 0.4) is 0 Å². The van der Waals surface area contributed by atoms with Crippen LogP contribution < -0.4 is 12.0 Å². The van der Waals surface area contributed by atoms with Gasteiger partial charge in [0.1, 0.15) is 0 Å². The number of rotatable bonds is 2. The van der Waals surface area contributed by atoms with Gasteiger partial charge in [-0.05, 0) is 12.1 Å². The van der Waals surface area contributed by atoms with Gasteiger partial charge >= 0.3 is 10.1 Å². The van der Waals surface area contributed by atoms with Gasteiger partial charge in [0.25, 0.3) is 0 Å². The third-order valence-corrected chi connectivity index (χ3v) is 2.26. The van der Waals surface area contributed by atoms with E-state index >= 15 is 0 Å². The van der Waals surface area contributed by atoms with Crippen molar-refractivity contribution < 1.29 is 12.7 Å². The number of nitrogens with two attached hydrogens (primary N) is 1. The maximum absolute atomic E-state index is 10.9. The summed E-state index contributed by atoms with van der Waals surface area (Å²) >= 11 is 0. The zero-order valence-corrected chi connectivity index (χ0v) is 7.12. The summed E-state index contributed by atoms with van der Waals surface area (Å²) in [5, 5.41) is 0. The standard InChI is InChI=1S/C6H7NO3S.H3N/c7-10-11(8,9)6-4-2-1-3-5-6;/h1-5H,7H2;1H3. The second-order valence-electron chi connectivity index (χ2n) is 1.86. The Kier molecular flexibility index (Phi) is 3.84. The summed E-state index contributed by atoms with van der Waals surface area (Å²) in [6.45, 7) is 0. The highest BCUT2D eigenvalue weighted by Gasteiger charge is 2.11. The lowest BCUT2D eigenvalue weighted by atomic mass is 10.4. The van der Waals surface area contributed by atoms with Crippen LogP contribution in [0.4, 0.5) is 0 Å². The van der Waals surface area contributed by atoms with Crippen LogP contribution in [-0.2, 0) is 14.4 Å². The SMILES string of the molecule is N.NOS(=O)(=O)c1ccccc1. The Morgan fingerprint density at radius 1 is 1.17 bits per heavy atom. The van der Waals surface area contributed by atoms with E-state index < -0.39 is 10.1 Å². The highest BCUT2D eigenvalue weighted by molar-refractivity contribution is 7.86. The fourth-order valence-corrected chi connectivity index (χ4v) is 1.24. The lowest BCUT2D eigenvalue weighted by Gasteiger charge is -1.97. The molecule has 5 N–H and O–H groups in total. The first kappa shape index (κ1) is 11.1. The van der Waals surface area contributed by atoms with Gasteiger partial charge in [-0.25, -0.2) is 0 Å². The third-order valence-electron chi connectivity index (χ3n) is 1.16. The number of hydrogen-bond donors (Lipinski definition) is 2. The Morgan fingerprint density at radius 2 is 1.67 bits per heavy atom. The molecule has 0 aliphatic rings. The van der Waals surface area contributed by atoms with Crippen molar-refractivity contribution in [3.63, 3.8) is 0 Å². The Balaban J connectivity index is 0.00000121. The first-order chi connectivity index (χ1) is 5.17. The molecule has 0 aliphatic heterocycles. The molecule has 0 atom stereocenters. The van der Waals surface area contributed by atoms with Crippen LogP contribution in [0.1, 0.15) is 0 Å². The van der Waals surface area contributed by atoms with Gasteiger partial charge < -0.3 is 6.15 Å². The molecule has 0 radical (unpaired) electrons. The maximum atomic E-state index is 10.9. The van der Waals surface area contributed by atoms with E-state index in [9.17, 15) is 8.42 Å². The Morgan fingerprint density at radius 3 is 2.08 bits per heavy atom. The highest BCUT2D eigenvalue weighted by Crippen LogP contribution is 2.08. The van der Waals surface area contributed by atoms with Crippen molar-refractivity contribution in [2.24, 2.45) is 5.90 Å². The molecule has 0 saturated carbocycles. The molecule has 0 saturated heterocycles. The van der Waals surface area contributed by atoms with Crippen molar-refractivity contribution in [2.75, 3.05) is 0 Å². The molecule has 0 bridgehead atoms. The summed E-state index contributed by atoms with van der Waals surface area (Å²) in [6, 6.07) is 7.69. The summed E-state index contributed by atoms with van der Waals surface area (Å²) in [6.07, 6.45) is 0. The van der Waals surface area contributed by atoms with Crippen molar-refractivity contribution in [1.29, 1.82) is 0 Å². The van der Waals surface area contributed by atoms with E-state index in [0.29, 0.717) is 0 Å². The zero-order chi connectivity index (χ0) is 8.32. The van der Waals surface area contributed by atoms with Crippen molar-refractivity contribution in [1.82, 2.24) is 6.15 Å². The zero-order valence-electron chi connectivity index (χ0n) is 6.30. The molecule has 1 aromatic carbocycles. The average molecular weight is 190 g/mol. The van der Waals surface area contributed by atoms with Crippen molar-refractivity contribution in [3.8, 4) is 0 Å². The van der Waals surface area contributed by atoms with Gasteiger partial charge in [-0.2, -0.15) is 18.6 Å². The largest absolute Gasteiger partial charge is 0.344 e. The third kappa shape index (κ3) is 2.28. The van der Waals surface area contributed by atoms with Crippen LogP contribution >= 0.6 is 0 Å². The minimum atomic E-state index is -3.72. The number of benzene rings is 1. The summed E-state index contributed by atoms with van der Waals surface area (Å²) in [5.41, 5.74) is 0. The lowest BCUT2D eigenvalue weighted by molar-refractivity contribution is 0.333. The van der Waals surface area contributed by atoms with Gasteiger partial charge in [-0.15, -0.1) is 0 Å². The first-order valence-corrected chi connectivity index (χ1v) is 4.26. The summed E-state index contributed by atoms with van der Waals surface area (Å²) < 4.78 is 25.5. The minimum Gasteiger partial charge on any atom is -0.344 e. The Bertz CT molecular complexity index is 322. The monoisotopic (exact) mass is 190 g/mol.